The number of anilines is 3. The van der Waals surface area contributed by atoms with Crippen LogP contribution in [0.25, 0.3) is 32.4 Å². The normalized spacial score (nSPS) is 11.3. The summed E-state index contributed by atoms with van der Waals surface area (Å²) in [5.74, 6) is 1.58. The largest absolute Gasteiger partial charge is 0.497 e. The number of para-hydroxylation sites is 1. The third-order valence-corrected chi connectivity index (χ3v) is 8.11. The molecule has 0 radical (unpaired) electrons. The number of hydrogen-bond donors (Lipinski definition) is 0. The summed E-state index contributed by atoms with van der Waals surface area (Å²) in [5.41, 5.74) is 7.38. The van der Waals surface area contributed by atoms with E-state index in [0.717, 1.165) is 62.1 Å². The number of fused-ring (bicyclic) bond motifs is 1. The highest BCUT2D eigenvalue weighted by molar-refractivity contribution is 7.21. The average Bonchev–Trinajstić information content (AvgIpc) is 3.50. The Kier molecular flexibility index (Phi) is 7.79. The fraction of sp³-hybridized carbons (Fsp3) is 0.0556. The molecule has 0 N–H and O–H groups in total. The quantitative estimate of drug-likeness (QED) is 0.0989. The van der Waals surface area contributed by atoms with Crippen molar-refractivity contribution < 1.29 is 14.3 Å². The van der Waals surface area contributed by atoms with Crippen LogP contribution in [0.5, 0.6) is 11.5 Å². The highest BCUT2D eigenvalue weighted by Gasteiger charge is 2.14. The van der Waals surface area contributed by atoms with Gasteiger partial charge in [-0.15, -0.1) is 11.3 Å². The van der Waals surface area contributed by atoms with Gasteiger partial charge in [-0.05, 0) is 90.0 Å². The number of ether oxygens (including phenoxy) is 2. The molecule has 0 aliphatic carbocycles. The summed E-state index contributed by atoms with van der Waals surface area (Å²) in [5, 5.41) is 0.983. The molecule has 5 nitrogen and oxygen atoms in total. The smallest absolute Gasteiger partial charge is 0.150 e. The molecule has 206 valence electrons. The van der Waals surface area contributed by atoms with E-state index in [1.807, 2.05) is 109 Å². The number of benzene rings is 5. The first-order valence-corrected chi connectivity index (χ1v) is 14.3. The van der Waals surface area contributed by atoms with Gasteiger partial charge in [0.25, 0.3) is 0 Å². The minimum absolute atomic E-state index is 0.606. The molecule has 0 bridgehead atoms. The second-order valence-electron chi connectivity index (χ2n) is 9.60. The second kappa shape index (κ2) is 12.1. The van der Waals surface area contributed by atoms with E-state index in [1.54, 1.807) is 25.6 Å². The number of hydrogen-bond acceptors (Lipinski definition) is 6. The van der Waals surface area contributed by atoms with Crippen molar-refractivity contribution in [3.63, 3.8) is 0 Å². The maximum absolute atomic E-state index is 12.2. The minimum atomic E-state index is 0.606. The molecule has 0 unspecified atom stereocenters. The number of aldehydes is 1. The van der Waals surface area contributed by atoms with Crippen LogP contribution in [0, 0.1) is 0 Å². The molecule has 6 heteroatoms. The first-order valence-electron chi connectivity index (χ1n) is 13.5. The summed E-state index contributed by atoms with van der Waals surface area (Å²) < 4.78 is 11.9. The summed E-state index contributed by atoms with van der Waals surface area (Å²) in [6.45, 7) is 0. The van der Waals surface area contributed by atoms with Crippen molar-refractivity contribution in [1.82, 2.24) is 4.98 Å². The molecule has 0 aliphatic rings. The van der Waals surface area contributed by atoms with Crippen LogP contribution in [0.1, 0.15) is 11.1 Å². The van der Waals surface area contributed by atoms with Crippen LogP contribution in [0.3, 0.4) is 0 Å². The van der Waals surface area contributed by atoms with Crippen molar-refractivity contribution in [3.05, 3.63) is 132 Å². The van der Waals surface area contributed by atoms with Gasteiger partial charge in [-0.1, -0.05) is 48.5 Å². The van der Waals surface area contributed by atoms with Crippen molar-refractivity contribution in [2.45, 2.75) is 0 Å². The van der Waals surface area contributed by atoms with Crippen molar-refractivity contribution in [2.24, 2.45) is 0 Å². The first kappa shape index (κ1) is 27.0. The van der Waals surface area contributed by atoms with E-state index >= 15 is 0 Å². The zero-order valence-electron chi connectivity index (χ0n) is 23.2. The van der Waals surface area contributed by atoms with E-state index in [9.17, 15) is 4.79 Å². The molecule has 0 atom stereocenters. The highest BCUT2D eigenvalue weighted by Crippen LogP contribution is 2.37. The zero-order valence-corrected chi connectivity index (χ0v) is 24.0. The summed E-state index contributed by atoms with van der Waals surface area (Å²) in [6.07, 6.45) is 2.82. The molecule has 6 aromatic rings. The number of rotatable bonds is 9. The molecule has 1 aromatic heterocycles. The van der Waals surface area contributed by atoms with Gasteiger partial charge in [0.15, 0.2) is 6.29 Å². The number of nitrogens with zero attached hydrogens (tertiary/aromatic N) is 2. The van der Waals surface area contributed by atoms with Gasteiger partial charge in [0.2, 0.25) is 0 Å². The molecule has 0 spiro atoms. The lowest BCUT2D eigenvalue weighted by Gasteiger charge is -2.26. The van der Waals surface area contributed by atoms with Crippen LogP contribution in [0.15, 0.2) is 121 Å². The Morgan fingerprint density at radius 2 is 1.24 bits per heavy atom. The molecule has 42 heavy (non-hydrogen) atoms. The summed E-state index contributed by atoms with van der Waals surface area (Å²) in [7, 11) is 3.31. The third-order valence-electron chi connectivity index (χ3n) is 7.02. The van der Waals surface area contributed by atoms with E-state index in [2.05, 4.69) is 23.1 Å². The molecule has 0 saturated heterocycles. The minimum Gasteiger partial charge on any atom is -0.497 e. The van der Waals surface area contributed by atoms with Gasteiger partial charge < -0.3 is 14.4 Å². The van der Waals surface area contributed by atoms with Gasteiger partial charge in [-0.25, -0.2) is 4.98 Å². The molecule has 0 saturated carbocycles. The standard InChI is InChI=1S/C36H28N2O3S/c1-40-32-19-15-30(16-20-32)38(31-17-21-33(41-2)22-18-31)29-13-11-26(12-14-29)28(24-39)23-25-7-9-27(10-8-25)36-37-34-5-3-4-6-35(34)42-36/h3-24H,1-2H3/b28-23+. The molecule has 0 amide bonds. The van der Waals surface area contributed by atoms with Crippen LogP contribution in [-0.2, 0) is 4.79 Å². The number of thiazole rings is 1. The maximum atomic E-state index is 12.2. The fourth-order valence-electron chi connectivity index (χ4n) is 4.80. The first-order chi connectivity index (χ1) is 20.6. The zero-order chi connectivity index (χ0) is 28.9. The van der Waals surface area contributed by atoms with Crippen LogP contribution >= 0.6 is 11.3 Å². The Labute approximate surface area is 248 Å². The molecule has 0 fully saturated rings. The van der Waals surface area contributed by atoms with Gasteiger partial charge >= 0.3 is 0 Å². The monoisotopic (exact) mass is 568 g/mol. The van der Waals surface area contributed by atoms with Crippen molar-refractivity contribution in [1.29, 1.82) is 0 Å². The summed E-state index contributed by atoms with van der Waals surface area (Å²) >= 11 is 1.68. The van der Waals surface area contributed by atoms with E-state index in [0.29, 0.717) is 5.57 Å². The summed E-state index contributed by atoms with van der Waals surface area (Å²) in [4.78, 5) is 19.1. The lowest BCUT2D eigenvalue weighted by Crippen LogP contribution is -2.10. The van der Waals surface area contributed by atoms with E-state index in [-0.39, 0.29) is 0 Å². The number of aromatic nitrogens is 1. The number of methoxy groups -OCH3 is 2. The predicted octanol–water partition coefficient (Wildman–Crippen LogP) is 9.19. The van der Waals surface area contributed by atoms with E-state index in [1.165, 1.54) is 4.70 Å². The summed E-state index contributed by atoms with van der Waals surface area (Å²) in [6, 6.07) is 40.1. The van der Waals surface area contributed by atoms with Crippen LogP contribution < -0.4 is 14.4 Å². The van der Waals surface area contributed by atoms with Crippen molar-refractivity contribution >= 4 is 56.6 Å². The molecular formula is C36H28N2O3S. The van der Waals surface area contributed by atoms with Gasteiger partial charge in [-0.2, -0.15) is 0 Å². The van der Waals surface area contributed by atoms with Gasteiger partial charge in [0, 0.05) is 28.2 Å². The lowest BCUT2D eigenvalue weighted by molar-refractivity contribution is -0.103. The Morgan fingerprint density at radius 1 is 0.690 bits per heavy atom. The second-order valence-corrected chi connectivity index (χ2v) is 10.6. The topological polar surface area (TPSA) is 51.7 Å². The van der Waals surface area contributed by atoms with Crippen LogP contribution in [0.2, 0.25) is 0 Å². The predicted molar refractivity (Wildman–Crippen MR) is 173 cm³/mol. The number of carbonyl (C=O) groups is 1. The van der Waals surface area contributed by atoms with E-state index in [4.69, 9.17) is 14.5 Å². The molecular weight excluding hydrogens is 540 g/mol. The number of carbonyl (C=O) groups excluding carboxylic acids is 1. The van der Waals surface area contributed by atoms with Crippen LogP contribution in [-0.4, -0.2) is 25.5 Å². The van der Waals surface area contributed by atoms with Crippen LogP contribution in [0.4, 0.5) is 17.1 Å². The number of allylic oxidation sites excluding steroid dienone is 1. The SMILES string of the molecule is COc1ccc(N(c2ccc(OC)cc2)c2ccc(/C(C=O)=C/c3ccc(-c4nc5ccccc5s4)cc3)cc2)cc1. The Bertz CT molecular complexity index is 1760. The van der Waals surface area contributed by atoms with E-state index < -0.39 is 0 Å². The maximum Gasteiger partial charge on any atom is 0.150 e. The van der Waals surface area contributed by atoms with Crippen molar-refractivity contribution in [2.75, 3.05) is 19.1 Å². The van der Waals surface area contributed by atoms with Gasteiger partial charge in [0.05, 0.1) is 24.4 Å². The highest BCUT2D eigenvalue weighted by atomic mass is 32.1. The fourth-order valence-corrected chi connectivity index (χ4v) is 5.77. The van der Waals surface area contributed by atoms with Gasteiger partial charge in [0.1, 0.15) is 16.5 Å². The Hall–Kier alpha value is -5.20. The van der Waals surface area contributed by atoms with Crippen molar-refractivity contribution in [3.8, 4) is 22.1 Å². The Morgan fingerprint density at radius 3 is 1.76 bits per heavy atom. The average molecular weight is 569 g/mol. The third kappa shape index (κ3) is 5.66. The molecule has 1 heterocycles. The molecule has 6 rings (SSSR count). The lowest BCUT2D eigenvalue weighted by atomic mass is 10.0. The molecule has 0 aliphatic heterocycles. The van der Waals surface area contributed by atoms with Gasteiger partial charge in [-0.3, -0.25) is 4.79 Å². The Balaban J connectivity index is 1.28. The molecule has 5 aromatic carbocycles.